The Hall–Kier alpha value is -1.06. The van der Waals surface area contributed by atoms with Crippen molar-refractivity contribution in [1.82, 2.24) is 15.1 Å². The molecule has 2 fully saturated rings. The average molecular weight is 460 g/mol. The van der Waals surface area contributed by atoms with Gasteiger partial charge in [0, 0.05) is 45.8 Å². The smallest absolute Gasteiger partial charge is 0.193 e. The van der Waals surface area contributed by atoms with Crippen molar-refractivity contribution < 1.29 is 9.47 Å². The minimum atomic E-state index is 0. The lowest BCUT2D eigenvalue weighted by Gasteiger charge is -2.32. The summed E-state index contributed by atoms with van der Waals surface area (Å²) in [5.74, 6) is 1.87. The van der Waals surface area contributed by atoms with Crippen LogP contribution in [0.3, 0.4) is 0 Å². The molecule has 1 aromatic rings. The maximum atomic E-state index is 5.46. The van der Waals surface area contributed by atoms with Crippen LogP contribution in [0, 0.1) is 0 Å². The van der Waals surface area contributed by atoms with Crippen molar-refractivity contribution in [3.05, 3.63) is 29.8 Å². The van der Waals surface area contributed by atoms with Gasteiger partial charge in [-0.3, -0.25) is 9.89 Å². The fourth-order valence-electron chi connectivity index (χ4n) is 3.43. The van der Waals surface area contributed by atoms with E-state index in [0.29, 0.717) is 6.04 Å². The van der Waals surface area contributed by atoms with E-state index in [9.17, 15) is 0 Å². The Kier molecular flexibility index (Phi) is 8.25. The van der Waals surface area contributed by atoms with Gasteiger partial charge in [-0.2, -0.15) is 0 Å². The average Bonchev–Trinajstić information content (AvgIpc) is 3.13. The van der Waals surface area contributed by atoms with Gasteiger partial charge in [0.25, 0.3) is 0 Å². The third kappa shape index (κ3) is 5.46. The van der Waals surface area contributed by atoms with Crippen LogP contribution in [0.25, 0.3) is 0 Å². The second kappa shape index (κ2) is 10.2. The number of benzene rings is 1. The first kappa shape index (κ1) is 20.3. The lowest BCUT2D eigenvalue weighted by molar-refractivity contribution is 0.0195. The predicted octanol–water partition coefficient (Wildman–Crippen LogP) is 1.80. The zero-order valence-corrected chi connectivity index (χ0v) is 17.4. The molecule has 7 heteroatoms. The van der Waals surface area contributed by atoms with Gasteiger partial charge in [-0.15, -0.1) is 24.0 Å². The van der Waals surface area contributed by atoms with Crippen LogP contribution in [0.2, 0.25) is 0 Å². The first-order valence-electron chi connectivity index (χ1n) is 8.70. The first-order valence-corrected chi connectivity index (χ1v) is 8.70. The van der Waals surface area contributed by atoms with Gasteiger partial charge in [0.1, 0.15) is 5.75 Å². The van der Waals surface area contributed by atoms with Gasteiger partial charge in [0.2, 0.25) is 0 Å². The Bertz CT molecular complexity index is 547. The summed E-state index contributed by atoms with van der Waals surface area (Å²) >= 11 is 0. The molecule has 0 spiro atoms. The quantitative estimate of drug-likeness (QED) is 0.422. The number of morpholine rings is 1. The summed E-state index contributed by atoms with van der Waals surface area (Å²) in [4.78, 5) is 9.38. The van der Waals surface area contributed by atoms with E-state index in [1.807, 2.05) is 19.2 Å². The third-order valence-electron chi connectivity index (χ3n) is 4.85. The predicted molar refractivity (Wildman–Crippen MR) is 111 cm³/mol. The van der Waals surface area contributed by atoms with E-state index in [2.05, 4.69) is 32.2 Å². The van der Waals surface area contributed by atoms with Crippen LogP contribution >= 0.6 is 24.0 Å². The number of nitrogens with one attached hydrogen (secondary N) is 1. The SMILES string of the molecule is CN=C(NCc1ccc(OC)cc1)N1CCC(N2CCOCC2)C1.I. The molecule has 1 N–H and O–H groups in total. The zero-order chi connectivity index (χ0) is 16.8. The number of nitrogens with zero attached hydrogens (tertiary/aromatic N) is 3. The molecule has 0 aliphatic carbocycles. The number of aliphatic imine (C=N–C) groups is 1. The Morgan fingerprint density at radius 1 is 1.24 bits per heavy atom. The fraction of sp³-hybridized carbons (Fsp3) is 0.611. The normalized spacial score (nSPS) is 21.8. The van der Waals surface area contributed by atoms with Gasteiger partial charge >= 0.3 is 0 Å². The molecule has 2 heterocycles. The molecular formula is C18H29IN4O2. The van der Waals surface area contributed by atoms with Crippen molar-refractivity contribution in [2.75, 3.05) is 53.6 Å². The van der Waals surface area contributed by atoms with E-state index in [1.54, 1.807) is 7.11 Å². The number of ether oxygens (including phenoxy) is 2. The van der Waals surface area contributed by atoms with Crippen molar-refractivity contribution in [3.8, 4) is 5.75 Å². The first-order chi connectivity index (χ1) is 11.8. The highest BCUT2D eigenvalue weighted by Crippen LogP contribution is 2.17. The van der Waals surface area contributed by atoms with Crippen molar-refractivity contribution in [2.24, 2.45) is 4.99 Å². The van der Waals surface area contributed by atoms with Gasteiger partial charge in [-0.1, -0.05) is 12.1 Å². The molecular weight excluding hydrogens is 431 g/mol. The van der Waals surface area contributed by atoms with Gasteiger partial charge in [0.05, 0.1) is 20.3 Å². The summed E-state index contributed by atoms with van der Waals surface area (Å²) in [7, 11) is 3.55. The highest BCUT2D eigenvalue weighted by Gasteiger charge is 2.30. The van der Waals surface area contributed by atoms with E-state index in [0.717, 1.165) is 57.6 Å². The van der Waals surface area contributed by atoms with Crippen LogP contribution in [0.4, 0.5) is 0 Å². The van der Waals surface area contributed by atoms with Gasteiger partial charge in [-0.25, -0.2) is 0 Å². The maximum absolute atomic E-state index is 5.46. The van der Waals surface area contributed by atoms with Crippen LogP contribution < -0.4 is 10.1 Å². The van der Waals surface area contributed by atoms with Crippen LogP contribution in [-0.4, -0.2) is 75.4 Å². The molecule has 1 aromatic carbocycles. The number of hydrogen-bond acceptors (Lipinski definition) is 4. The summed E-state index contributed by atoms with van der Waals surface area (Å²) in [5.41, 5.74) is 1.22. The third-order valence-corrected chi connectivity index (χ3v) is 4.85. The molecule has 0 bridgehead atoms. The van der Waals surface area contributed by atoms with E-state index >= 15 is 0 Å². The van der Waals surface area contributed by atoms with E-state index < -0.39 is 0 Å². The Morgan fingerprint density at radius 3 is 2.60 bits per heavy atom. The van der Waals surface area contributed by atoms with Gasteiger partial charge in [-0.05, 0) is 24.1 Å². The summed E-state index contributed by atoms with van der Waals surface area (Å²) in [6.45, 7) is 6.71. The summed E-state index contributed by atoms with van der Waals surface area (Å²) < 4.78 is 10.7. The van der Waals surface area contributed by atoms with E-state index in [4.69, 9.17) is 9.47 Å². The highest BCUT2D eigenvalue weighted by atomic mass is 127. The van der Waals surface area contributed by atoms with Crippen molar-refractivity contribution >= 4 is 29.9 Å². The minimum absolute atomic E-state index is 0. The zero-order valence-electron chi connectivity index (χ0n) is 15.1. The van der Waals surface area contributed by atoms with Crippen molar-refractivity contribution in [1.29, 1.82) is 0 Å². The summed E-state index contributed by atoms with van der Waals surface area (Å²) in [6.07, 6.45) is 1.20. The molecule has 2 saturated heterocycles. The molecule has 0 aromatic heterocycles. The second-order valence-corrected chi connectivity index (χ2v) is 6.29. The number of rotatable bonds is 4. The maximum Gasteiger partial charge on any atom is 0.193 e. The molecule has 2 aliphatic rings. The molecule has 1 atom stereocenters. The minimum Gasteiger partial charge on any atom is -0.497 e. The number of hydrogen-bond donors (Lipinski definition) is 1. The van der Waals surface area contributed by atoms with E-state index in [-0.39, 0.29) is 24.0 Å². The standard InChI is InChI=1S/C18H28N4O2.HI/c1-19-18(20-13-15-3-5-17(23-2)6-4-15)22-8-7-16(14-22)21-9-11-24-12-10-21;/h3-6,16H,7-14H2,1-2H3,(H,19,20);1H. The molecule has 25 heavy (non-hydrogen) atoms. The number of methoxy groups -OCH3 is 1. The van der Waals surface area contributed by atoms with Crippen molar-refractivity contribution in [2.45, 2.75) is 19.0 Å². The number of halogens is 1. The summed E-state index contributed by atoms with van der Waals surface area (Å²) in [6, 6.07) is 8.77. The van der Waals surface area contributed by atoms with E-state index in [1.165, 1.54) is 12.0 Å². The van der Waals surface area contributed by atoms with Crippen LogP contribution in [-0.2, 0) is 11.3 Å². The number of likely N-dealkylation sites (tertiary alicyclic amines) is 1. The molecule has 0 radical (unpaired) electrons. The topological polar surface area (TPSA) is 49.3 Å². The van der Waals surface area contributed by atoms with Gasteiger partial charge < -0.3 is 19.7 Å². The molecule has 6 nitrogen and oxygen atoms in total. The molecule has 0 saturated carbocycles. The Balaban J connectivity index is 0.00000225. The molecule has 1 unspecified atom stereocenters. The molecule has 2 aliphatic heterocycles. The Morgan fingerprint density at radius 2 is 1.96 bits per heavy atom. The lowest BCUT2D eigenvalue weighted by Crippen LogP contribution is -2.46. The largest absolute Gasteiger partial charge is 0.497 e. The Labute approximate surface area is 167 Å². The fourth-order valence-corrected chi connectivity index (χ4v) is 3.43. The monoisotopic (exact) mass is 460 g/mol. The number of guanidine groups is 1. The van der Waals surface area contributed by atoms with Crippen LogP contribution in [0.1, 0.15) is 12.0 Å². The second-order valence-electron chi connectivity index (χ2n) is 6.29. The molecule has 3 rings (SSSR count). The highest BCUT2D eigenvalue weighted by molar-refractivity contribution is 14.0. The summed E-state index contributed by atoms with van der Waals surface area (Å²) in [5, 5.41) is 3.48. The lowest BCUT2D eigenvalue weighted by atomic mass is 10.2. The van der Waals surface area contributed by atoms with Crippen molar-refractivity contribution in [3.63, 3.8) is 0 Å². The van der Waals surface area contributed by atoms with Crippen LogP contribution in [0.5, 0.6) is 5.75 Å². The molecule has 140 valence electrons. The van der Waals surface area contributed by atoms with Gasteiger partial charge in [0.15, 0.2) is 5.96 Å². The molecule has 0 amide bonds. The van der Waals surface area contributed by atoms with Crippen LogP contribution in [0.15, 0.2) is 29.3 Å².